The summed E-state index contributed by atoms with van der Waals surface area (Å²) >= 11 is 24.4. The van der Waals surface area contributed by atoms with Crippen LogP contribution in [-0.2, 0) is 11.2 Å². The number of carbonyl (C=O) groups is 1. The van der Waals surface area contributed by atoms with E-state index in [1.54, 1.807) is 6.07 Å². The lowest BCUT2D eigenvalue weighted by Gasteiger charge is -2.19. The first-order valence-corrected chi connectivity index (χ1v) is 9.07. The molecule has 0 radical (unpaired) electrons. The molecule has 3 nitrogen and oxygen atoms in total. The Balaban J connectivity index is 2.65. The molecule has 1 aromatic carbocycles. The van der Waals surface area contributed by atoms with Crippen molar-refractivity contribution in [2.45, 2.75) is 39.0 Å². The SMILES string of the molecule is CCC(CCCc1c(Cl)cc(Cl)c(Cl)c1Cl)CC(CN)C(=O)O. The number of benzene rings is 1. The van der Waals surface area contributed by atoms with Crippen molar-refractivity contribution in [2.75, 3.05) is 6.54 Å². The van der Waals surface area contributed by atoms with E-state index >= 15 is 0 Å². The molecule has 0 aliphatic rings. The zero-order chi connectivity index (χ0) is 17.6. The first-order chi connectivity index (χ1) is 10.8. The van der Waals surface area contributed by atoms with Crippen LogP contribution in [0.5, 0.6) is 0 Å². The Morgan fingerprint density at radius 3 is 2.39 bits per heavy atom. The molecule has 0 aromatic heterocycles. The van der Waals surface area contributed by atoms with Gasteiger partial charge in [-0.3, -0.25) is 4.79 Å². The fraction of sp³-hybridized carbons (Fsp3) is 0.562. The standard InChI is InChI=1S/C16H21Cl4NO2/c1-2-9(6-10(8-21)16(22)23)4-3-5-11-12(17)7-13(18)15(20)14(11)19/h7,9-10H,2-6,8,21H2,1H3,(H,22,23). The molecule has 1 aromatic rings. The largest absolute Gasteiger partial charge is 0.481 e. The van der Waals surface area contributed by atoms with E-state index in [9.17, 15) is 4.79 Å². The molecule has 0 spiro atoms. The minimum absolute atomic E-state index is 0.163. The molecule has 3 N–H and O–H groups in total. The van der Waals surface area contributed by atoms with Crippen LogP contribution in [0.15, 0.2) is 6.07 Å². The fourth-order valence-corrected chi connectivity index (χ4v) is 3.71. The molecule has 2 unspecified atom stereocenters. The monoisotopic (exact) mass is 399 g/mol. The van der Waals surface area contributed by atoms with Crippen LogP contribution in [0.25, 0.3) is 0 Å². The highest BCUT2D eigenvalue weighted by molar-refractivity contribution is 6.49. The Hall–Kier alpha value is -0.190. The summed E-state index contributed by atoms with van der Waals surface area (Å²) < 4.78 is 0. The highest BCUT2D eigenvalue weighted by atomic mass is 35.5. The Labute approximate surface area is 157 Å². The summed E-state index contributed by atoms with van der Waals surface area (Å²) in [7, 11) is 0. The third-order valence-electron chi connectivity index (χ3n) is 4.08. The van der Waals surface area contributed by atoms with Gasteiger partial charge in [-0.2, -0.15) is 0 Å². The predicted molar refractivity (Wildman–Crippen MR) is 98.0 cm³/mol. The maximum atomic E-state index is 11.1. The summed E-state index contributed by atoms with van der Waals surface area (Å²) in [5, 5.41) is 10.7. The molecule has 7 heteroatoms. The number of aliphatic carboxylic acids is 1. The summed E-state index contributed by atoms with van der Waals surface area (Å²) in [4.78, 5) is 11.1. The van der Waals surface area contributed by atoms with Crippen molar-refractivity contribution in [2.24, 2.45) is 17.6 Å². The first kappa shape index (κ1) is 20.9. The molecule has 130 valence electrons. The lowest BCUT2D eigenvalue weighted by molar-refractivity contribution is -0.142. The van der Waals surface area contributed by atoms with Gasteiger partial charge in [0.1, 0.15) is 0 Å². The number of nitrogens with two attached hydrogens (primary N) is 1. The molecule has 0 heterocycles. The third-order valence-corrected chi connectivity index (χ3v) is 5.72. The second-order valence-electron chi connectivity index (χ2n) is 5.62. The van der Waals surface area contributed by atoms with Crippen LogP contribution in [0.2, 0.25) is 20.1 Å². The van der Waals surface area contributed by atoms with Gasteiger partial charge < -0.3 is 10.8 Å². The molecule has 0 saturated heterocycles. The van der Waals surface area contributed by atoms with E-state index in [0.717, 1.165) is 24.8 Å². The smallest absolute Gasteiger partial charge is 0.307 e. The molecular formula is C16H21Cl4NO2. The van der Waals surface area contributed by atoms with E-state index in [1.807, 2.05) is 0 Å². The summed E-state index contributed by atoms with van der Waals surface area (Å²) in [6.07, 6.45) is 3.89. The van der Waals surface area contributed by atoms with Gasteiger partial charge in [0.15, 0.2) is 0 Å². The number of halogens is 4. The van der Waals surface area contributed by atoms with Gasteiger partial charge >= 0.3 is 5.97 Å². The van der Waals surface area contributed by atoms with Gasteiger partial charge in [-0.05, 0) is 36.8 Å². The highest BCUT2D eigenvalue weighted by Crippen LogP contribution is 2.38. The fourth-order valence-electron chi connectivity index (χ4n) is 2.59. The Morgan fingerprint density at radius 2 is 1.87 bits per heavy atom. The average Bonchev–Trinajstić information content (AvgIpc) is 2.51. The van der Waals surface area contributed by atoms with E-state index in [4.69, 9.17) is 57.2 Å². The van der Waals surface area contributed by atoms with Gasteiger partial charge in [0.05, 0.1) is 21.0 Å². The summed E-state index contributed by atoms with van der Waals surface area (Å²) in [5.74, 6) is -1.02. The lowest BCUT2D eigenvalue weighted by Crippen LogP contribution is -2.25. The van der Waals surface area contributed by atoms with Crippen molar-refractivity contribution in [1.29, 1.82) is 0 Å². The topological polar surface area (TPSA) is 63.3 Å². The van der Waals surface area contributed by atoms with E-state index in [2.05, 4.69) is 6.92 Å². The van der Waals surface area contributed by atoms with Crippen LogP contribution >= 0.6 is 46.4 Å². The summed E-state index contributed by atoms with van der Waals surface area (Å²) in [5.41, 5.74) is 6.31. The van der Waals surface area contributed by atoms with Crippen LogP contribution in [0.4, 0.5) is 0 Å². The maximum Gasteiger partial charge on any atom is 0.307 e. The molecule has 0 saturated carbocycles. The molecular weight excluding hydrogens is 380 g/mol. The van der Waals surface area contributed by atoms with Gasteiger partial charge in [0.2, 0.25) is 0 Å². The summed E-state index contributed by atoms with van der Waals surface area (Å²) in [6, 6.07) is 1.60. The highest BCUT2D eigenvalue weighted by Gasteiger charge is 2.20. The van der Waals surface area contributed by atoms with Gasteiger partial charge in [-0.25, -0.2) is 0 Å². The molecule has 1 rings (SSSR count). The predicted octanol–water partition coefficient (Wildman–Crippen LogP) is 5.70. The van der Waals surface area contributed by atoms with Crippen molar-refractivity contribution >= 4 is 52.4 Å². The van der Waals surface area contributed by atoms with Gasteiger partial charge in [0.25, 0.3) is 0 Å². The summed E-state index contributed by atoms with van der Waals surface area (Å²) in [6.45, 7) is 2.22. The van der Waals surface area contributed by atoms with E-state index < -0.39 is 11.9 Å². The molecule has 0 aliphatic carbocycles. The molecule has 2 atom stereocenters. The number of rotatable bonds is 9. The van der Waals surface area contributed by atoms with Crippen LogP contribution in [-0.4, -0.2) is 17.6 Å². The van der Waals surface area contributed by atoms with Crippen LogP contribution in [0.3, 0.4) is 0 Å². The zero-order valence-corrected chi connectivity index (χ0v) is 15.9. The number of carboxylic acids is 1. The van der Waals surface area contributed by atoms with Crippen molar-refractivity contribution in [3.8, 4) is 0 Å². The van der Waals surface area contributed by atoms with Gasteiger partial charge in [-0.1, -0.05) is 66.2 Å². The molecule has 0 fully saturated rings. The number of carboxylic acid groups (broad SMARTS) is 1. The van der Waals surface area contributed by atoms with Gasteiger partial charge in [-0.15, -0.1) is 0 Å². The molecule has 0 amide bonds. The molecule has 0 aliphatic heterocycles. The Bertz CT molecular complexity index is 551. The second kappa shape index (κ2) is 9.95. The number of hydrogen-bond acceptors (Lipinski definition) is 2. The maximum absolute atomic E-state index is 11.1. The van der Waals surface area contributed by atoms with E-state index in [0.29, 0.717) is 38.9 Å². The normalized spacial score (nSPS) is 13.8. The first-order valence-electron chi connectivity index (χ1n) is 7.56. The zero-order valence-electron chi connectivity index (χ0n) is 12.9. The van der Waals surface area contributed by atoms with Crippen LogP contribution < -0.4 is 5.73 Å². The van der Waals surface area contributed by atoms with E-state index in [1.165, 1.54) is 0 Å². The van der Waals surface area contributed by atoms with E-state index in [-0.39, 0.29) is 6.54 Å². The van der Waals surface area contributed by atoms with Crippen molar-refractivity contribution in [3.63, 3.8) is 0 Å². The van der Waals surface area contributed by atoms with Crippen LogP contribution in [0.1, 0.15) is 38.2 Å². The molecule has 23 heavy (non-hydrogen) atoms. The molecule has 0 bridgehead atoms. The Kier molecular flexibility index (Phi) is 9.02. The minimum Gasteiger partial charge on any atom is -0.481 e. The van der Waals surface area contributed by atoms with Crippen LogP contribution in [0, 0.1) is 11.8 Å². The van der Waals surface area contributed by atoms with Crippen molar-refractivity contribution in [3.05, 3.63) is 31.7 Å². The van der Waals surface area contributed by atoms with Crippen molar-refractivity contribution < 1.29 is 9.90 Å². The quantitative estimate of drug-likeness (QED) is 0.412. The lowest BCUT2D eigenvalue weighted by atomic mass is 9.88. The Morgan fingerprint density at radius 1 is 1.22 bits per heavy atom. The van der Waals surface area contributed by atoms with Gasteiger partial charge in [0, 0.05) is 11.6 Å². The van der Waals surface area contributed by atoms with Crippen molar-refractivity contribution in [1.82, 2.24) is 0 Å². The average molecular weight is 401 g/mol. The minimum atomic E-state index is -0.832. The third kappa shape index (κ3) is 5.99. The second-order valence-corrected chi connectivity index (χ2v) is 7.19. The number of hydrogen-bond donors (Lipinski definition) is 2.